The minimum atomic E-state index is -0.461. The molecule has 1 fully saturated rings. The SMILES string of the molecule is CC(C)(C)OC(=O)N1C2CCC=C(c3ccccn3)C1CC2. The lowest BCUT2D eigenvalue weighted by Gasteiger charge is -2.32. The molecular weight excluding hydrogens is 276 g/mol. The van der Waals surface area contributed by atoms with Crippen LogP contribution in [0.5, 0.6) is 0 Å². The lowest BCUT2D eigenvalue weighted by atomic mass is 9.97. The van der Waals surface area contributed by atoms with Gasteiger partial charge in [-0.1, -0.05) is 12.1 Å². The van der Waals surface area contributed by atoms with E-state index in [9.17, 15) is 4.79 Å². The number of hydrogen-bond acceptors (Lipinski definition) is 3. The van der Waals surface area contributed by atoms with Crippen molar-refractivity contribution < 1.29 is 9.53 Å². The smallest absolute Gasteiger partial charge is 0.411 e. The van der Waals surface area contributed by atoms with Crippen LogP contribution in [0.2, 0.25) is 0 Å². The summed E-state index contributed by atoms with van der Waals surface area (Å²) in [5, 5.41) is 0. The van der Waals surface area contributed by atoms with Crippen molar-refractivity contribution in [2.24, 2.45) is 0 Å². The first-order chi connectivity index (χ1) is 10.5. The molecule has 2 aliphatic rings. The fourth-order valence-corrected chi connectivity index (χ4v) is 3.44. The lowest BCUT2D eigenvalue weighted by Crippen LogP contribution is -2.44. The molecule has 2 unspecified atom stereocenters. The molecule has 3 rings (SSSR count). The first kappa shape index (κ1) is 15.1. The average molecular weight is 300 g/mol. The van der Waals surface area contributed by atoms with Gasteiger partial charge in [0.1, 0.15) is 5.60 Å². The number of allylic oxidation sites excluding steroid dienone is 1. The third-order valence-corrected chi connectivity index (χ3v) is 4.29. The zero-order valence-corrected chi connectivity index (χ0v) is 13.6. The molecule has 22 heavy (non-hydrogen) atoms. The standard InChI is InChI=1S/C18H24N2O2/c1-18(2,3)22-17(21)20-13-7-6-8-14(16(20)11-10-13)15-9-4-5-12-19-15/h4-5,8-9,12-13,16H,6-7,10-11H2,1-3H3. The monoisotopic (exact) mass is 300 g/mol. The number of amides is 1. The van der Waals surface area contributed by atoms with Crippen molar-refractivity contribution in [3.63, 3.8) is 0 Å². The molecular formula is C18H24N2O2. The Bertz CT molecular complexity index is 574. The first-order valence-corrected chi connectivity index (χ1v) is 8.08. The molecule has 2 aliphatic heterocycles. The second-order valence-corrected chi connectivity index (χ2v) is 7.09. The maximum Gasteiger partial charge on any atom is 0.411 e. The second-order valence-electron chi connectivity index (χ2n) is 7.09. The van der Waals surface area contributed by atoms with Crippen molar-refractivity contribution in [2.75, 3.05) is 0 Å². The molecule has 118 valence electrons. The third kappa shape index (κ3) is 3.01. The summed E-state index contributed by atoms with van der Waals surface area (Å²) < 4.78 is 5.64. The molecule has 4 nitrogen and oxygen atoms in total. The van der Waals surface area contributed by atoms with Crippen molar-refractivity contribution >= 4 is 11.7 Å². The summed E-state index contributed by atoms with van der Waals surface area (Å²) in [6, 6.07) is 6.33. The molecule has 2 bridgehead atoms. The van der Waals surface area contributed by atoms with Gasteiger partial charge >= 0.3 is 6.09 Å². The molecule has 0 N–H and O–H groups in total. The van der Waals surface area contributed by atoms with Gasteiger partial charge < -0.3 is 4.74 Å². The number of hydrogen-bond donors (Lipinski definition) is 0. The van der Waals surface area contributed by atoms with Gasteiger partial charge in [-0.05, 0) is 64.2 Å². The van der Waals surface area contributed by atoms with Crippen LogP contribution in [0.3, 0.4) is 0 Å². The van der Waals surface area contributed by atoms with Crippen LogP contribution in [-0.4, -0.2) is 33.7 Å². The van der Waals surface area contributed by atoms with Gasteiger partial charge in [-0.2, -0.15) is 0 Å². The van der Waals surface area contributed by atoms with E-state index in [0.717, 1.165) is 31.4 Å². The fraction of sp³-hybridized carbons (Fsp3) is 0.556. The first-order valence-electron chi connectivity index (χ1n) is 8.08. The van der Waals surface area contributed by atoms with E-state index in [2.05, 4.69) is 11.1 Å². The summed E-state index contributed by atoms with van der Waals surface area (Å²) in [6.07, 6.45) is 7.91. The highest BCUT2D eigenvalue weighted by Crippen LogP contribution is 2.39. The van der Waals surface area contributed by atoms with Crippen LogP contribution < -0.4 is 0 Å². The number of ether oxygens (including phenoxy) is 1. The van der Waals surface area contributed by atoms with E-state index in [1.54, 1.807) is 0 Å². The fourth-order valence-electron chi connectivity index (χ4n) is 3.44. The Kier molecular flexibility index (Phi) is 3.94. The zero-order valence-electron chi connectivity index (χ0n) is 13.6. The summed E-state index contributed by atoms with van der Waals surface area (Å²) in [4.78, 5) is 19.1. The molecule has 2 atom stereocenters. The topological polar surface area (TPSA) is 42.4 Å². The molecule has 3 heterocycles. The van der Waals surface area contributed by atoms with Crippen LogP contribution in [0, 0.1) is 0 Å². The van der Waals surface area contributed by atoms with E-state index >= 15 is 0 Å². The van der Waals surface area contributed by atoms with E-state index in [-0.39, 0.29) is 18.2 Å². The lowest BCUT2D eigenvalue weighted by molar-refractivity contribution is 0.0185. The van der Waals surface area contributed by atoms with Gasteiger partial charge in [-0.3, -0.25) is 9.88 Å². The van der Waals surface area contributed by atoms with Crippen molar-refractivity contribution in [1.82, 2.24) is 9.88 Å². The Labute approximate surface area is 132 Å². The molecule has 0 aromatic carbocycles. The van der Waals surface area contributed by atoms with Gasteiger partial charge in [0.25, 0.3) is 0 Å². The van der Waals surface area contributed by atoms with Crippen LogP contribution in [0.15, 0.2) is 30.5 Å². The summed E-state index contributed by atoms with van der Waals surface area (Å²) >= 11 is 0. The second kappa shape index (κ2) is 5.75. The summed E-state index contributed by atoms with van der Waals surface area (Å²) in [7, 11) is 0. The molecule has 0 aliphatic carbocycles. The number of aromatic nitrogens is 1. The molecule has 1 amide bonds. The zero-order chi connectivity index (χ0) is 15.7. The highest BCUT2D eigenvalue weighted by Gasteiger charge is 2.42. The Morgan fingerprint density at radius 1 is 1.27 bits per heavy atom. The van der Waals surface area contributed by atoms with Crippen molar-refractivity contribution in [3.8, 4) is 0 Å². The number of nitrogens with zero attached hydrogens (tertiary/aromatic N) is 2. The van der Waals surface area contributed by atoms with Gasteiger partial charge in [0, 0.05) is 12.2 Å². The molecule has 0 radical (unpaired) electrons. The van der Waals surface area contributed by atoms with Crippen LogP contribution >= 0.6 is 0 Å². The summed E-state index contributed by atoms with van der Waals surface area (Å²) in [5.74, 6) is 0. The van der Waals surface area contributed by atoms with Gasteiger partial charge in [0.05, 0.1) is 11.7 Å². The van der Waals surface area contributed by atoms with Gasteiger partial charge in [0.15, 0.2) is 0 Å². The van der Waals surface area contributed by atoms with E-state index in [4.69, 9.17) is 4.74 Å². The minimum absolute atomic E-state index is 0.0947. The maximum absolute atomic E-state index is 12.7. The molecule has 1 aromatic heterocycles. The molecule has 0 saturated carbocycles. The average Bonchev–Trinajstić information content (AvgIpc) is 2.74. The predicted molar refractivity (Wildman–Crippen MR) is 86.3 cm³/mol. The summed E-state index contributed by atoms with van der Waals surface area (Å²) in [5.41, 5.74) is 1.69. The van der Waals surface area contributed by atoms with Gasteiger partial charge in [0.2, 0.25) is 0 Å². The Hall–Kier alpha value is -1.84. The Morgan fingerprint density at radius 3 is 2.77 bits per heavy atom. The largest absolute Gasteiger partial charge is 0.444 e. The van der Waals surface area contributed by atoms with E-state index in [0.29, 0.717) is 0 Å². The Balaban J connectivity index is 1.89. The van der Waals surface area contributed by atoms with Crippen molar-refractivity contribution in [2.45, 2.75) is 64.1 Å². The molecule has 1 saturated heterocycles. The van der Waals surface area contributed by atoms with E-state index < -0.39 is 5.60 Å². The quantitative estimate of drug-likeness (QED) is 0.786. The van der Waals surface area contributed by atoms with Crippen molar-refractivity contribution in [3.05, 3.63) is 36.2 Å². The molecule has 4 heteroatoms. The normalized spacial score (nSPS) is 24.7. The molecule has 1 aromatic rings. The number of rotatable bonds is 1. The maximum atomic E-state index is 12.7. The number of fused-ring (bicyclic) bond motifs is 2. The summed E-state index contributed by atoms with van der Waals surface area (Å²) in [6.45, 7) is 5.75. The highest BCUT2D eigenvalue weighted by atomic mass is 16.6. The van der Waals surface area contributed by atoms with Crippen LogP contribution in [0.4, 0.5) is 4.79 Å². The number of pyridine rings is 1. The Morgan fingerprint density at radius 2 is 2.09 bits per heavy atom. The number of carbonyl (C=O) groups excluding carboxylic acids is 1. The van der Waals surface area contributed by atoms with E-state index in [1.165, 1.54) is 5.57 Å². The highest BCUT2D eigenvalue weighted by molar-refractivity contribution is 5.77. The van der Waals surface area contributed by atoms with Crippen LogP contribution in [0.25, 0.3) is 5.57 Å². The van der Waals surface area contributed by atoms with Gasteiger partial charge in [-0.15, -0.1) is 0 Å². The van der Waals surface area contributed by atoms with Crippen LogP contribution in [-0.2, 0) is 4.74 Å². The van der Waals surface area contributed by atoms with Crippen LogP contribution in [0.1, 0.15) is 52.1 Å². The third-order valence-electron chi connectivity index (χ3n) is 4.29. The van der Waals surface area contributed by atoms with Gasteiger partial charge in [-0.25, -0.2) is 4.79 Å². The van der Waals surface area contributed by atoms with E-state index in [1.807, 2.05) is 50.1 Å². The van der Waals surface area contributed by atoms with Crippen molar-refractivity contribution in [1.29, 1.82) is 0 Å². The minimum Gasteiger partial charge on any atom is -0.444 e. The number of carbonyl (C=O) groups is 1. The predicted octanol–water partition coefficient (Wildman–Crippen LogP) is 4.03. The molecule has 0 spiro atoms.